The van der Waals surface area contributed by atoms with Gasteiger partial charge >= 0.3 is 6.18 Å². The summed E-state index contributed by atoms with van der Waals surface area (Å²) in [5.74, 6) is -0.382. The van der Waals surface area contributed by atoms with E-state index < -0.39 is 17.8 Å². The highest BCUT2D eigenvalue weighted by molar-refractivity contribution is 7.13. The molecule has 1 aliphatic carbocycles. The van der Waals surface area contributed by atoms with Gasteiger partial charge in [-0.1, -0.05) is 41.9 Å². The summed E-state index contributed by atoms with van der Waals surface area (Å²) in [6.07, 6.45) is 0.115. The summed E-state index contributed by atoms with van der Waals surface area (Å²) < 4.78 is 47.9. The predicted molar refractivity (Wildman–Crippen MR) is 94.2 cm³/mol. The molecular formula is C17H22F3N3O3S. The van der Waals surface area contributed by atoms with Crippen molar-refractivity contribution in [3.63, 3.8) is 0 Å². The number of amides is 1. The molecule has 1 aromatic rings. The van der Waals surface area contributed by atoms with Gasteiger partial charge in [-0.2, -0.15) is 13.2 Å². The van der Waals surface area contributed by atoms with E-state index in [1.165, 1.54) is 7.11 Å². The number of ether oxygens (including phenoxy) is 2. The first-order chi connectivity index (χ1) is 12.5. The number of halogens is 3. The molecule has 1 aliphatic rings. The molecular weight excluding hydrogens is 383 g/mol. The first-order valence-electron chi connectivity index (χ1n) is 8.25. The van der Waals surface area contributed by atoms with E-state index in [0.717, 1.165) is 11.3 Å². The first kappa shape index (κ1) is 21.4. The molecule has 0 fully saturated rings. The van der Waals surface area contributed by atoms with E-state index in [4.69, 9.17) is 9.47 Å². The molecule has 0 N–H and O–H groups in total. The summed E-state index contributed by atoms with van der Waals surface area (Å²) in [4.78, 5) is 14.2. The van der Waals surface area contributed by atoms with Crippen LogP contribution in [0.15, 0.2) is 23.4 Å². The second kappa shape index (κ2) is 8.39. The van der Waals surface area contributed by atoms with Crippen molar-refractivity contribution in [1.29, 1.82) is 0 Å². The number of carbonyl (C=O) groups is 1. The minimum Gasteiger partial charge on any atom is -0.459 e. The number of nitrogens with zero attached hydrogens (tertiary/aromatic N) is 3. The zero-order valence-electron chi connectivity index (χ0n) is 15.6. The average Bonchev–Trinajstić information content (AvgIpc) is 3.00. The lowest BCUT2D eigenvalue weighted by atomic mass is 9.81. The van der Waals surface area contributed by atoms with E-state index >= 15 is 0 Å². The summed E-state index contributed by atoms with van der Waals surface area (Å²) in [6.45, 7) is 6.30. The predicted octanol–water partition coefficient (Wildman–Crippen LogP) is 3.67. The van der Waals surface area contributed by atoms with E-state index in [1.807, 2.05) is 13.0 Å². The van der Waals surface area contributed by atoms with Crippen LogP contribution in [0.1, 0.15) is 32.2 Å². The molecule has 1 heterocycles. The number of aromatic nitrogens is 2. The molecule has 0 aromatic carbocycles. The van der Waals surface area contributed by atoms with Crippen molar-refractivity contribution >= 4 is 17.2 Å². The van der Waals surface area contributed by atoms with Crippen LogP contribution >= 0.6 is 11.3 Å². The van der Waals surface area contributed by atoms with Crippen molar-refractivity contribution in [2.75, 3.05) is 26.9 Å². The van der Waals surface area contributed by atoms with Crippen LogP contribution in [0.4, 0.5) is 13.2 Å². The van der Waals surface area contributed by atoms with Crippen molar-refractivity contribution in [2.45, 2.75) is 33.4 Å². The second-order valence-corrected chi connectivity index (χ2v) is 7.83. The molecule has 0 radical (unpaired) electrons. The summed E-state index contributed by atoms with van der Waals surface area (Å²) in [6, 6.07) is 0. The molecule has 0 saturated carbocycles. The summed E-state index contributed by atoms with van der Waals surface area (Å²) in [5, 5.41) is 4.96. The number of rotatable bonds is 7. The Morgan fingerprint density at radius 2 is 2.07 bits per heavy atom. The molecule has 1 amide bonds. The molecule has 0 saturated heterocycles. The maximum absolute atomic E-state index is 12.7. The number of methoxy groups -OCH3 is 1. The smallest absolute Gasteiger partial charge is 0.445 e. The monoisotopic (exact) mass is 405 g/mol. The van der Waals surface area contributed by atoms with E-state index in [1.54, 1.807) is 4.90 Å². The van der Waals surface area contributed by atoms with Crippen molar-refractivity contribution in [2.24, 2.45) is 5.41 Å². The number of hydrogen-bond donors (Lipinski definition) is 0. The highest BCUT2D eigenvalue weighted by Gasteiger charge is 2.36. The Kier molecular flexibility index (Phi) is 6.63. The van der Waals surface area contributed by atoms with Gasteiger partial charge in [0.2, 0.25) is 5.01 Å². The summed E-state index contributed by atoms with van der Waals surface area (Å²) >= 11 is 0.259. The zero-order chi connectivity index (χ0) is 20.2. The zero-order valence-corrected chi connectivity index (χ0v) is 16.4. The van der Waals surface area contributed by atoms with Gasteiger partial charge in [0, 0.05) is 19.4 Å². The molecule has 2 rings (SSSR count). The largest absolute Gasteiger partial charge is 0.459 e. The number of hydrogen-bond acceptors (Lipinski definition) is 6. The molecule has 6 nitrogen and oxygen atoms in total. The van der Waals surface area contributed by atoms with Crippen LogP contribution in [-0.2, 0) is 15.7 Å². The number of alkyl halides is 3. The van der Waals surface area contributed by atoms with Crippen LogP contribution in [0.25, 0.3) is 0 Å². The molecule has 0 unspecified atom stereocenters. The molecule has 10 heteroatoms. The SMILES string of the molecule is COCCN(C(=O)COc1nnc(C(F)(F)F)s1)C1=CC(C)=CC(C)(C)C1. The van der Waals surface area contributed by atoms with Gasteiger partial charge in [0.15, 0.2) is 6.61 Å². The lowest BCUT2D eigenvalue weighted by Gasteiger charge is -2.33. The van der Waals surface area contributed by atoms with Gasteiger partial charge < -0.3 is 14.4 Å². The maximum atomic E-state index is 12.7. The molecule has 0 atom stereocenters. The van der Waals surface area contributed by atoms with Crippen LogP contribution in [0.2, 0.25) is 0 Å². The molecule has 150 valence electrons. The highest BCUT2D eigenvalue weighted by Crippen LogP contribution is 2.35. The van der Waals surface area contributed by atoms with Gasteiger partial charge in [0.1, 0.15) is 0 Å². The van der Waals surface area contributed by atoms with Gasteiger partial charge in [-0.05, 0) is 24.8 Å². The van der Waals surface area contributed by atoms with Crippen LogP contribution in [0, 0.1) is 5.41 Å². The van der Waals surface area contributed by atoms with Crippen LogP contribution in [0.5, 0.6) is 5.19 Å². The molecule has 0 bridgehead atoms. The lowest BCUT2D eigenvalue weighted by Crippen LogP contribution is -2.38. The Labute approximate surface area is 159 Å². The fraction of sp³-hybridized carbons (Fsp3) is 0.588. The summed E-state index contributed by atoms with van der Waals surface area (Å²) in [7, 11) is 1.53. The molecule has 27 heavy (non-hydrogen) atoms. The van der Waals surface area contributed by atoms with E-state index in [9.17, 15) is 18.0 Å². The van der Waals surface area contributed by atoms with E-state index in [0.29, 0.717) is 19.6 Å². The number of carbonyl (C=O) groups excluding carboxylic acids is 1. The van der Waals surface area contributed by atoms with Gasteiger partial charge in [0.25, 0.3) is 11.1 Å². The Balaban J connectivity index is 2.09. The molecule has 0 spiro atoms. The lowest BCUT2D eigenvalue weighted by molar-refractivity contribution is -0.138. The Morgan fingerprint density at radius 3 is 2.63 bits per heavy atom. The van der Waals surface area contributed by atoms with Crippen molar-refractivity contribution < 1.29 is 27.4 Å². The quantitative estimate of drug-likeness (QED) is 0.693. The van der Waals surface area contributed by atoms with Gasteiger partial charge in [-0.25, -0.2) is 0 Å². The Morgan fingerprint density at radius 1 is 1.37 bits per heavy atom. The third-order valence-corrected chi connectivity index (χ3v) is 4.66. The first-order valence-corrected chi connectivity index (χ1v) is 9.06. The maximum Gasteiger partial charge on any atom is 0.445 e. The molecule has 1 aromatic heterocycles. The van der Waals surface area contributed by atoms with Crippen LogP contribution in [-0.4, -0.2) is 47.9 Å². The highest BCUT2D eigenvalue weighted by atomic mass is 32.1. The average molecular weight is 405 g/mol. The van der Waals surface area contributed by atoms with E-state index in [2.05, 4.69) is 30.1 Å². The van der Waals surface area contributed by atoms with E-state index in [-0.39, 0.29) is 27.9 Å². The fourth-order valence-electron chi connectivity index (χ4n) is 2.86. The third-order valence-electron chi connectivity index (χ3n) is 3.78. The number of allylic oxidation sites excluding steroid dienone is 4. The van der Waals surface area contributed by atoms with Gasteiger partial charge in [0.05, 0.1) is 6.61 Å². The van der Waals surface area contributed by atoms with Crippen molar-refractivity contribution in [1.82, 2.24) is 15.1 Å². The van der Waals surface area contributed by atoms with Crippen molar-refractivity contribution in [3.05, 3.63) is 28.4 Å². The standard InChI is InChI=1S/C17H22F3N3O3S/c1-11-7-12(9-16(2,3)8-11)23(5-6-25-4)13(24)10-26-15-22-21-14(27-15)17(18,19)20/h7-8H,5-6,9-10H2,1-4H3. The minimum atomic E-state index is -4.59. The minimum absolute atomic E-state index is 0.110. The topological polar surface area (TPSA) is 64.5 Å². The Hall–Kier alpha value is -1.94. The summed E-state index contributed by atoms with van der Waals surface area (Å²) in [5.41, 5.74) is 1.75. The molecule has 0 aliphatic heterocycles. The third kappa shape index (κ3) is 6.03. The van der Waals surface area contributed by atoms with Crippen molar-refractivity contribution in [3.8, 4) is 5.19 Å². The van der Waals surface area contributed by atoms with Crippen LogP contribution < -0.4 is 4.74 Å². The normalized spacial score (nSPS) is 16.6. The Bertz CT molecular complexity index is 741. The van der Waals surface area contributed by atoms with Crippen LogP contribution in [0.3, 0.4) is 0 Å². The van der Waals surface area contributed by atoms with Gasteiger partial charge in [-0.15, -0.1) is 5.10 Å². The second-order valence-electron chi connectivity index (χ2n) is 6.89. The fourth-order valence-corrected chi connectivity index (χ4v) is 3.42. The van der Waals surface area contributed by atoms with Gasteiger partial charge in [-0.3, -0.25) is 4.79 Å².